The number of hydrogen-bond acceptors (Lipinski definition) is 13. The number of aryl methyl sites for hydroxylation is 1. The molecule has 1 aromatic rings. The van der Waals surface area contributed by atoms with Crippen LogP contribution in [0.4, 0.5) is 0 Å². The molecule has 14 heteroatoms. The Labute approximate surface area is 299 Å². The zero-order chi connectivity index (χ0) is 36.0. The number of thioether (sulfide) groups is 2. The molecule has 0 saturated carbocycles. The van der Waals surface area contributed by atoms with Crippen LogP contribution in [0.15, 0.2) is 37.9 Å². The van der Waals surface area contributed by atoms with E-state index in [4.69, 9.17) is 35.0 Å². The molecule has 274 valence electrons. The summed E-state index contributed by atoms with van der Waals surface area (Å²) in [7, 11) is 0. The van der Waals surface area contributed by atoms with Crippen molar-refractivity contribution in [2.24, 2.45) is 0 Å². The van der Waals surface area contributed by atoms with Gasteiger partial charge in [-0.3, -0.25) is 0 Å². The van der Waals surface area contributed by atoms with Gasteiger partial charge in [-0.2, -0.15) is 0 Å². The van der Waals surface area contributed by atoms with Crippen LogP contribution in [0.2, 0.25) is 0 Å². The first-order chi connectivity index (χ1) is 23.6. The van der Waals surface area contributed by atoms with E-state index < -0.39 is 25.2 Å². The number of benzene rings is 1. The van der Waals surface area contributed by atoms with Crippen molar-refractivity contribution in [3.05, 3.63) is 45.1 Å². The number of unbranched alkanes of at least 4 members (excludes halogenated alkanes) is 4. The second kappa shape index (κ2) is 24.7. The summed E-state index contributed by atoms with van der Waals surface area (Å²) in [4.78, 5) is 5.18. The summed E-state index contributed by atoms with van der Waals surface area (Å²) in [5.74, 6) is 1.53. The van der Waals surface area contributed by atoms with E-state index in [2.05, 4.69) is 11.4 Å². The quantitative estimate of drug-likeness (QED) is 0.0259. The molecule has 4 unspecified atom stereocenters. The fraction of sp³-hybridized carbons (Fsp3) is 0.657. The number of aliphatic hydroxyl groups is 4. The van der Waals surface area contributed by atoms with Gasteiger partial charge in [-0.25, -0.2) is 10.1 Å². The van der Waals surface area contributed by atoms with Gasteiger partial charge in [0.2, 0.25) is 0 Å². The number of nitriles is 1. The van der Waals surface area contributed by atoms with Gasteiger partial charge in [-0.15, -0.1) is 0 Å². The van der Waals surface area contributed by atoms with Gasteiger partial charge in [0.05, 0.1) is 66.3 Å². The van der Waals surface area contributed by atoms with Crippen molar-refractivity contribution in [3.63, 3.8) is 0 Å². The van der Waals surface area contributed by atoms with E-state index in [0.29, 0.717) is 42.5 Å². The van der Waals surface area contributed by atoms with Crippen LogP contribution >= 0.6 is 23.5 Å². The third-order valence-electron chi connectivity index (χ3n) is 7.11. The summed E-state index contributed by atoms with van der Waals surface area (Å²) >= 11 is 2.80. The molecular weight excluding hydrogens is 673 g/mol. The van der Waals surface area contributed by atoms with Crippen LogP contribution in [0, 0.1) is 24.8 Å². The summed E-state index contributed by atoms with van der Waals surface area (Å²) in [5, 5.41) is 48.7. The summed E-state index contributed by atoms with van der Waals surface area (Å²) < 4.78 is 33.8. The monoisotopic (exact) mass is 724 g/mol. The van der Waals surface area contributed by atoms with Gasteiger partial charge in [0.15, 0.2) is 25.2 Å². The number of nitrogens with zero attached hydrogens (tertiary/aromatic N) is 2. The molecule has 49 heavy (non-hydrogen) atoms. The molecule has 1 aromatic carbocycles. The Kier molecular flexibility index (Phi) is 21.6. The molecule has 0 aliphatic carbocycles. The van der Waals surface area contributed by atoms with Gasteiger partial charge < -0.3 is 48.8 Å². The molecule has 1 aliphatic heterocycles. The van der Waals surface area contributed by atoms with E-state index in [-0.39, 0.29) is 38.4 Å². The van der Waals surface area contributed by atoms with Crippen LogP contribution in [-0.2, 0) is 18.9 Å². The Balaban J connectivity index is 1.54. The first-order valence-electron chi connectivity index (χ1n) is 16.8. The fourth-order valence-corrected chi connectivity index (χ4v) is 7.05. The van der Waals surface area contributed by atoms with Crippen LogP contribution in [-0.4, -0.2) is 85.2 Å². The molecule has 2 rings (SSSR count). The third-order valence-corrected chi connectivity index (χ3v) is 9.70. The van der Waals surface area contributed by atoms with E-state index in [9.17, 15) is 25.7 Å². The van der Waals surface area contributed by atoms with Crippen LogP contribution in [0.25, 0.3) is 4.85 Å². The highest BCUT2D eigenvalue weighted by atomic mass is 32.2. The number of rotatable bonds is 27. The summed E-state index contributed by atoms with van der Waals surface area (Å²) in [6.45, 7) is 18.4. The second-order valence-corrected chi connectivity index (χ2v) is 13.8. The highest BCUT2D eigenvalue weighted by molar-refractivity contribution is 8.24. The lowest BCUT2D eigenvalue weighted by Crippen LogP contribution is -2.22. The van der Waals surface area contributed by atoms with Gasteiger partial charge in [-0.05, 0) is 63.2 Å². The minimum Gasteiger partial charge on any atom is -0.492 e. The summed E-state index contributed by atoms with van der Waals surface area (Å²) in [6, 6.07) is 3.96. The Hall–Kier alpha value is -2.34. The van der Waals surface area contributed by atoms with Crippen molar-refractivity contribution in [2.75, 3.05) is 39.6 Å². The SMILES string of the molecule is [C-]#[N+]/C(C#N)=C1\Sc2c(OCCCCCCCC(O)OCCCOC(O)CCC(O)OCCOC(O)C(=C)C)cc(C)c(OCCC)c2S1. The minimum absolute atomic E-state index is 0.0774. The standard InChI is InChI=1S/C35H52N2O10S2/c1-6-16-46-31-25(4)22-27(32-33(31)49-35(48-32)26(23-36)37-5)42-17-11-9-7-8-10-13-28(38)43-18-12-19-44-29(39)14-15-30(40)45-20-21-47-34(41)24(2)3/h22,28-30,34,38-41H,2,6-21H2,1,3-4H3/b35-26+. The zero-order valence-corrected chi connectivity index (χ0v) is 30.5. The summed E-state index contributed by atoms with van der Waals surface area (Å²) in [6.07, 6.45) is 2.86. The molecule has 0 saturated heterocycles. The van der Waals surface area contributed by atoms with Gasteiger partial charge in [0.25, 0.3) is 5.70 Å². The van der Waals surface area contributed by atoms with E-state index in [1.165, 1.54) is 23.5 Å². The van der Waals surface area contributed by atoms with Gasteiger partial charge in [0, 0.05) is 12.8 Å². The maximum Gasteiger partial charge on any atom is 0.282 e. The second-order valence-electron chi connectivity index (χ2n) is 11.5. The summed E-state index contributed by atoms with van der Waals surface area (Å²) in [5.41, 5.74) is 1.52. The van der Waals surface area contributed by atoms with Gasteiger partial charge >= 0.3 is 0 Å². The molecule has 12 nitrogen and oxygen atoms in total. The number of hydrogen-bond donors (Lipinski definition) is 4. The van der Waals surface area contributed by atoms with Crippen molar-refractivity contribution in [1.82, 2.24) is 0 Å². The lowest BCUT2D eigenvalue weighted by molar-refractivity contribution is -0.157. The average Bonchev–Trinajstić information content (AvgIpc) is 3.52. The molecule has 0 spiro atoms. The molecule has 1 aliphatic rings. The maximum atomic E-state index is 10.1. The largest absolute Gasteiger partial charge is 0.492 e. The molecule has 0 radical (unpaired) electrons. The van der Waals surface area contributed by atoms with Crippen molar-refractivity contribution in [3.8, 4) is 17.6 Å². The van der Waals surface area contributed by atoms with Crippen LogP contribution in [0.3, 0.4) is 0 Å². The average molecular weight is 725 g/mol. The maximum absolute atomic E-state index is 10.1. The van der Waals surface area contributed by atoms with Crippen molar-refractivity contribution in [1.29, 1.82) is 5.26 Å². The van der Waals surface area contributed by atoms with Crippen LogP contribution in [0.1, 0.15) is 83.6 Å². The predicted octanol–water partition coefficient (Wildman–Crippen LogP) is 6.40. The van der Waals surface area contributed by atoms with Gasteiger partial charge in [0.1, 0.15) is 11.5 Å². The number of aliphatic hydroxyl groups excluding tert-OH is 4. The molecule has 0 amide bonds. The third kappa shape index (κ3) is 16.5. The van der Waals surface area contributed by atoms with Gasteiger partial charge in [-0.1, -0.05) is 56.3 Å². The zero-order valence-electron chi connectivity index (χ0n) is 28.9. The fourth-order valence-electron chi connectivity index (χ4n) is 4.47. The Bertz CT molecular complexity index is 1250. The van der Waals surface area contributed by atoms with Crippen molar-refractivity contribution < 1.29 is 48.8 Å². The van der Waals surface area contributed by atoms with Crippen LogP contribution < -0.4 is 9.47 Å². The Morgan fingerprint density at radius 2 is 1.41 bits per heavy atom. The minimum atomic E-state index is -1.09. The van der Waals surface area contributed by atoms with Crippen molar-refractivity contribution in [2.45, 2.75) is 120 Å². The molecule has 4 N–H and O–H groups in total. The Morgan fingerprint density at radius 1 is 0.816 bits per heavy atom. The molecular formula is C35H52N2O10S2. The molecule has 4 atom stereocenters. The highest BCUT2D eigenvalue weighted by Gasteiger charge is 2.30. The number of fused-ring (bicyclic) bond motifs is 1. The van der Waals surface area contributed by atoms with Crippen molar-refractivity contribution >= 4 is 23.5 Å². The smallest absolute Gasteiger partial charge is 0.282 e. The van der Waals surface area contributed by atoms with E-state index >= 15 is 0 Å². The first-order valence-corrected chi connectivity index (χ1v) is 18.4. The van der Waals surface area contributed by atoms with E-state index in [0.717, 1.165) is 65.4 Å². The van der Waals surface area contributed by atoms with Crippen LogP contribution in [0.5, 0.6) is 11.5 Å². The first kappa shape index (κ1) is 42.8. The molecule has 0 bridgehead atoms. The molecule has 1 heterocycles. The topological polar surface area (TPSA) is 164 Å². The van der Waals surface area contributed by atoms with E-state index in [1.807, 2.05) is 26.0 Å². The lowest BCUT2D eigenvalue weighted by atomic mass is 10.1. The number of ether oxygens (including phenoxy) is 6. The normalized spacial score (nSPS) is 15.9. The Morgan fingerprint density at radius 3 is 2.04 bits per heavy atom. The predicted molar refractivity (Wildman–Crippen MR) is 188 cm³/mol. The molecule has 0 aromatic heterocycles. The molecule has 0 fully saturated rings. The lowest BCUT2D eigenvalue weighted by Gasteiger charge is -2.17. The number of allylic oxidation sites excluding steroid dienone is 1. The van der Waals surface area contributed by atoms with E-state index in [1.54, 1.807) is 6.92 Å². The highest BCUT2D eigenvalue weighted by Crippen LogP contribution is 2.59.